The minimum Gasteiger partial charge on any atom is -0.497 e. The van der Waals surface area contributed by atoms with Gasteiger partial charge in [-0.3, -0.25) is 4.21 Å². The van der Waals surface area contributed by atoms with E-state index in [1.165, 1.54) is 0 Å². The van der Waals surface area contributed by atoms with Gasteiger partial charge in [-0.25, -0.2) is 0 Å². The van der Waals surface area contributed by atoms with E-state index in [0.29, 0.717) is 11.6 Å². The Hall–Kier alpha value is -1.36. The molecule has 2 aromatic rings. The Balaban J connectivity index is 1.82. The van der Waals surface area contributed by atoms with E-state index in [-0.39, 0.29) is 11.4 Å². The number of ether oxygens (including phenoxy) is 2. The Bertz CT molecular complexity index is 655. The van der Waals surface area contributed by atoms with Gasteiger partial charge < -0.3 is 9.47 Å². The highest BCUT2D eigenvalue weighted by molar-refractivity contribution is 7.85. The molecule has 1 aliphatic heterocycles. The molecule has 0 aromatic heterocycles. The van der Waals surface area contributed by atoms with Crippen LogP contribution in [0.3, 0.4) is 0 Å². The van der Waals surface area contributed by atoms with Crippen LogP contribution < -0.4 is 4.74 Å². The summed E-state index contributed by atoms with van der Waals surface area (Å²) in [4.78, 5) is 0.790. The highest BCUT2D eigenvalue weighted by Gasteiger charge is 2.34. The molecule has 3 nitrogen and oxygen atoms in total. The smallest absolute Gasteiger partial charge is 0.118 e. The van der Waals surface area contributed by atoms with Crippen molar-refractivity contribution >= 4 is 22.4 Å². The van der Waals surface area contributed by atoms with Crippen molar-refractivity contribution < 1.29 is 13.7 Å². The molecule has 3 rings (SSSR count). The fourth-order valence-corrected chi connectivity index (χ4v) is 4.29. The molecule has 2 aromatic carbocycles. The van der Waals surface area contributed by atoms with Gasteiger partial charge in [-0.2, -0.15) is 0 Å². The molecule has 0 radical (unpaired) electrons. The van der Waals surface area contributed by atoms with Crippen molar-refractivity contribution in [2.45, 2.75) is 22.7 Å². The van der Waals surface area contributed by atoms with Crippen LogP contribution in [0, 0.1) is 0 Å². The van der Waals surface area contributed by atoms with Crippen LogP contribution in [0.15, 0.2) is 53.4 Å². The highest BCUT2D eigenvalue weighted by Crippen LogP contribution is 2.35. The standard InChI is InChI=1S/C17H17ClO3S/c1-20-14-6-2-12(3-7-14)17-16(10-11-21-17)22(19)15-8-4-13(18)5-9-15/h2-9,16-17H,10-11H2,1H3/t16-,17+,22-/m1/s1. The van der Waals surface area contributed by atoms with Crippen LogP contribution in [0.2, 0.25) is 5.02 Å². The number of hydrogen-bond donors (Lipinski definition) is 0. The highest BCUT2D eigenvalue weighted by atomic mass is 35.5. The zero-order valence-corrected chi connectivity index (χ0v) is 13.8. The summed E-state index contributed by atoms with van der Waals surface area (Å²) in [5, 5.41) is 0.602. The van der Waals surface area contributed by atoms with Gasteiger partial charge >= 0.3 is 0 Å². The first-order valence-corrected chi connectivity index (χ1v) is 8.70. The predicted molar refractivity (Wildman–Crippen MR) is 88.0 cm³/mol. The van der Waals surface area contributed by atoms with E-state index in [2.05, 4.69) is 0 Å². The maximum atomic E-state index is 12.8. The lowest BCUT2D eigenvalue weighted by Gasteiger charge is -2.19. The Morgan fingerprint density at radius 1 is 1.14 bits per heavy atom. The number of halogens is 1. The Morgan fingerprint density at radius 2 is 1.82 bits per heavy atom. The first kappa shape index (κ1) is 15.5. The summed E-state index contributed by atoms with van der Waals surface area (Å²) in [5.41, 5.74) is 1.03. The summed E-state index contributed by atoms with van der Waals surface area (Å²) in [7, 11) is 0.519. The van der Waals surface area contributed by atoms with E-state index in [0.717, 1.165) is 22.6 Å². The van der Waals surface area contributed by atoms with Crippen molar-refractivity contribution in [2.24, 2.45) is 0 Å². The van der Waals surface area contributed by atoms with Crippen LogP contribution in [-0.2, 0) is 15.5 Å². The largest absolute Gasteiger partial charge is 0.497 e. The van der Waals surface area contributed by atoms with Gasteiger partial charge in [0.25, 0.3) is 0 Å². The number of rotatable bonds is 4. The topological polar surface area (TPSA) is 35.5 Å². The summed E-state index contributed by atoms with van der Waals surface area (Å²) in [6, 6.07) is 14.9. The average Bonchev–Trinajstić information content (AvgIpc) is 3.04. The number of hydrogen-bond acceptors (Lipinski definition) is 3. The molecule has 1 aliphatic rings. The molecule has 116 valence electrons. The van der Waals surface area contributed by atoms with E-state index in [4.69, 9.17) is 21.1 Å². The van der Waals surface area contributed by atoms with Gasteiger partial charge in [-0.05, 0) is 48.4 Å². The van der Waals surface area contributed by atoms with E-state index < -0.39 is 10.8 Å². The number of methoxy groups -OCH3 is 1. The molecular weight excluding hydrogens is 320 g/mol. The molecule has 3 atom stereocenters. The predicted octanol–water partition coefficient (Wildman–Crippen LogP) is 3.99. The maximum absolute atomic E-state index is 12.8. The molecule has 0 aliphatic carbocycles. The lowest BCUT2D eigenvalue weighted by molar-refractivity contribution is 0.113. The third-order valence-electron chi connectivity index (χ3n) is 3.80. The minimum absolute atomic E-state index is 0.0467. The minimum atomic E-state index is -1.12. The fourth-order valence-electron chi connectivity index (χ4n) is 2.64. The molecule has 0 bridgehead atoms. The quantitative estimate of drug-likeness (QED) is 0.847. The maximum Gasteiger partial charge on any atom is 0.118 e. The molecule has 0 N–H and O–H groups in total. The molecular formula is C17H17ClO3S. The second-order valence-electron chi connectivity index (χ2n) is 5.14. The summed E-state index contributed by atoms with van der Waals surface area (Å²) in [6.07, 6.45) is 0.633. The third kappa shape index (κ3) is 3.19. The van der Waals surface area contributed by atoms with E-state index in [9.17, 15) is 4.21 Å². The summed E-state index contributed by atoms with van der Waals surface area (Å²) >= 11 is 5.89. The van der Waals surface area contributed by atoms with Gasteiger partial charge in [-0.15, -0.1) is 0 Å². The Morgan fingerprint density at radius 3 is 2.45 bits per heavy atom. The van der Waals surface area contributed by atoms with Crippen molar-refractivity contribution in [3.05, 3.63) is 59.1 Å². The van der Waals surface area contributed by atoms with Crippen molar-refractivity contribution in [3.8, 4) is 5.75 Å². The van der Waals surface area contributed by atoms with Gasteiger partial charge in [0, 0.05) is 16.5 Å². The van der Waals surface area contributed by atoms with Crippen LogP contribution in [0.25, 0.3) is 0 Å². The summed E-state index contributed by atoms with van der Waals surface area (Å²) in [6.45, 7) is 0.626. The van der Waals surface area contributed by atoms with Gasteiger partial charge in [0.15, 0.2) is 0 Å². The first-order valence-electron chi connectivity index (χ1n) is 7.11. The lowest BCUT2D eigenvalue weighted by Crippen LogP contribution is -2.19. The van der Waals surface area contributed by atoms with Crippen LogP contribution in [0.1, 0.15) is 18.1 Å². The lowest BCUT2D eigenvalue weighted by atomic mass is 10.1. The molecule has 1 fully saturated rings. The van der Waals surface area contributed by atoms with Crippen LogP contribution in [0.4, 0.5) is 0 Å². The summed E-state index contributed by atoms with van der Waals surface area (Å²) < 4.78 is 23.8. The van der Waals surface area contributed by atoms with E-state index >= 15 is 0 Å². The third-order valence-corrected chi connectivity index (χ3v) is 5.82. The Kier molecular flexibility index (Phi) is 4.81. The molecule has 5 heteroatoms. The van der Waals surface area contributed by atoms with Crippen molar-refractivity contribution in [1.29, 1.82) is 0 Å². The van der Waals surface area contributed by atoms with Crippen molar-refractivity contribution in [3.63, 3.8) is 0 Å². The zero-order chi connectivity index (χ0) is 15.5. The zero-order valence-electron chi connectivity index (χ0n) is 12.2. The molecule has 0 unspecified atom stereocenters. The van der Waals surface area contributed by atoms with Crippen LogP contribution >= 0.6 is 11.6 Å². The normalized spacial score (nSPS) is 22.5. The monoisotopic (exact) mass is 336 g/mol. The first-order chi connectivity index (χ1) is 10.7. The SMILES string of the molecule is COc1ccc([C@@H]2OCC[C@H]2[S@](=O)c2ccc(Cl)cc2)cc1. The second-order valence-corrected chi connectivity index (χ2v) is 7.25. The molecule has 0 saturated carbocycles. The molecule has 1 saturated heterocycles. The average molecular weight is 337 g/mol. The molecule has 0 amide bonds. The van der Waals surface area contributed by atoms with Crippen LogP contribution in [-0.4, -0.2) is 23.2 Å². The van der Waals surface area contributed by atoms with E-state index in [1.54, 1.807) is 19.2 Å². The van der Waals surface area contributed by atoms with Gasteiger partial charge in [0.1, 0.15) is 5.75 Å². The van der Waals surface area contributed by atoms with Crippen molar-refractivity contribution in [1.82, 2.24) is 0 Å². The molecule has 22 heavy (non-hydrogen) atoms. The van der Waals surface area contributed by atoms with E-state index in [1.807, 2.05) is 36.4 Å². The van der Waals surface area contributed by atoms with Gasteiger partial charge in [0.05, 0.1) is 29.3 Å². The van der Waals surface area contributed by atoms with Gasteiger partial charge in [-0.1, -0.05) is 23.7 Å². The Labute approximate surface area is 137 Å². The fraction of sp³-hybridized carbons (Fsp3) is 0.294. The summed E-state index contributed by atoms with van der Waals surface area (Å²) in [5.74, 6) is 0.803. The molecule has 1 heterocycles. The molecule has 0 spiro atoms. The van der Waals surface area contributed by atoms with Gasteiger partial charge in [0.2, 0.25) is 0 Å². The van der Waals surface area contributed by atoms with Crippen LogP contribution in [0.5, 0.6) is 5.75 Å². The second kappa shape index (κ2) is 6.82. The number of benzene rings is 2. The van der Waals surface area contributed by atoms with Crippen molar-refractivity contribution in [2.75, 3.05) is 13.7 Å².